The Hall–Kier alpha value is -2.43. The van der Waals surface area contributed by atoms with Crippen molar-refractivity contribution in [3.8, 4) is 0 Å². The Bertz CT molecular complexity index is 714. The molecule has 5 heteroatoms. The Labute approximate surface area is 121 Å². The first-order valence-corrected chi connectivity index (χ1v) is 6.62. The number of anilines is 1. The second-order valence-electron chi connectivity index (χ2n) is 5.27. The zero-order valence-electron chi connectivity index (χ0n) is 11.6. The van der Waals surface area contributed by atoms with Gasteiger partial charge in [0.25, 0.3) is 0 Å². The maximum Gasteiger partial charge on any atom is 0.196 e. The van der Waals surface area contributed by atoms with Gasteiger partial charge in [-0.1, -0.05) is 18.2 Å². The monoisotopic (exact) mass is 287 g/mol. The zero-order valence-corrected chi connectivity index (χ0v) is 11.6. The molecule has 3 rings (SSSR count). The third-order valence-electron chi connectivity index (χ3n) is 3.78. The summed E-state index contributed by atoms with van der Waals surface area (Å²) in [6, 6.07) is 12.4. The summed E-state index contributed by atoms with van der Waals surface area (Å²) in [5, 5.41) is 0. The van der Waals surface area contributed by atoms with Crippen LogP contribution in [0.15, 0.2) is 53.5 Å². The molecular formula is C16H15F2N3. The molecule has 1 heterocycles. The van der Waals surface area contributed by atoms with E-state index in [-0.39, 0.29) is 11.6 Å². The average Bonchev–Trinajstić information content (AvgIpc) is 2.76. The average molecular weight is 287 g/mol. The number of hydrogen-bond acceptors (Lipinski definition) is 3. The van der Waals surface area contributed by atoms with Crippen LogP contribution in [0.1, 0.15) is 12.5 Å². The minimum Gasteiger partial charge on any atom is -0.369 e. The predicted molar refractivity (Wildman–Crippen MR) is 79.1 cm³/mol. The molecular weight excluding hydrogens is 272 g/mol. The first-order valence-electron chi connectivity index (χ1n) is 6.62. The van der Waals surface area contributed by atoms with Crippen LogP contribution in [0.25, 0.3) is 0 Å². The summed E-state index contributed by atoms with van der Waals surface area (Å²) in [5.74, 6) is -0.375. The van der Waals surface area contributed by atoms with Crippen molar-refractivity contribution in [3.05, 3.63) is 65.7 Å². The van der Waals surface area contributed by atoms with Crippen LogP contribution in [0, 0.1) is 11.6 Å². The fraction of sp³-hybridized carbons (Fsp3) is 0.188. The second-order valence-corrected chi connectivity index (χ2v) is 5.27. The largest absolute Gasteiger partial charge is 0.369 e. The summed E-state index contributed by atoms with van der Waals surface area (Å²) in [5.41, 5.74) is 6.68. The van der Waals surface area contributed by atoms with Crippen LogP contribution in [0.2, 0.25) is 0 Å². The van der Waals surface area contributed by atoms with Crippen molar-refractivity contribution < 1.29 is 8.78 Å². The zero-order chi connectivity index (χ0) is 15.0. The van der Waals surface area contributed by atoms with Gasteiger partial charge < -0.3 is 10.6 Å². The van der Waals surface area contributed by atoms with Gasteiger partial charge in [0.1, 0.15) is 11.6 Å². The van der Waals surface area contributed by atoms with E-state index in [1.807, 2.05) is 13.0 Å². The Morgan fingerprint density at radius 3 is 2.43 bits per heavy atom. The highest BCUT2D eigenvalue weighted by Gasteiger charge is 2.40. The molecule has 1 aliphatic heterocycles. The maximum absolute atomic E-state index is 13.5. The number of halogens is 2. The van der Waals surface area contributed by atoms with Gasteiger partial charge in [-0.05, 0) is 42.8 Å². The van der Waals surface area contributed by atoms with Gasteiger partial charge in [0.05, 0.1) is 12.1 Å². The molecule has 0 saturated heterocycles. The number of hydrogen-bond donors (Lipinski definition) is 1. The van der Waals surface area contributed by atoms with Crippen LogP contribution in [0.4, 0.5) is 14.5 Å². The first kappa shape index (κ1) is 13.5. The van der Waals surface area contributed by atoms with Crippen LogP contribution in [-0.4, -0.2) is 12.5 Å². The van der Waals surface area contributed by atoms with Crippen molar-refractivity contribution in [1.82, 2.24) is 0 Å². The molecule has 0 fully saturated rings. The fourth-order valence-corrected chi connectivity index (χ4v) is 2.71. The summed E-state index contributed by atoms with van der Waals surface area (Å²) in [6.45, 7) is 2.30. The molecule has 0 aromatic heterocycles. The van der Waals surface area contributed by atoms with E-state index in [0.717, 1.165) is 5.56 Å². The van der Waals surface area contributed by atoms with E-state index in [0.29, 0.717) is 18.2 Å². The lowest BCUT2D eigenvalue weighted by atomic mass is 9.90. The van der Waals surface area contributed by atoms with Gasteiger partial charge in [-0.2, -0.15) is 0 Å². The van der Waals surface area contributed by atoms with E-state index in [1.54, 1.807) is 23.1 Å². The third-order valence-corrected chi connectivity index (χ3v) is 3.78. The van der Waals surface area contributed by atoms with Crippen LogP contribution in [0.5, 0.6) is 0 Å². The topological polar surface area (TPSA) is 41.6 Å². The molecule has 2 aromatic rings. The van der Waals surface area contributed by atoms with Gasteiger partial charge in [0, 0.05) is 5.69 Å². The van der Waals surface area contributed by atoms with Gasteiger partial charge in [-0.15, -0.1) is 0 Å². The maximum atomic E-state index is 13.5. The number of rotatable bonds is 2. The van der Waals surface area contributed by atoms with Gasteiger partial charge >= 0.3 is 0 Å². The lowest BCUT2D eigenvalue weighted by molar-refractivity contribution is 0.523. The van der Waals surface area contributed by atoms with Crippen LogP contribution >= 0.6 is 0 Å². The Morgan fingerprint density at radius 2 is 1.76 bits per heavy atom. The smallest absolute Gasteiger partial charge is 0.196 e. The molecule has 0 aliphatic carbocycles. The SMILES string of the molecule is CC1(c2cccc(F)c2)CN=C(N)N1c1cccc(F)c1. The summed E-state index contributed by atoms with van der Waals surface area (Å²) >= 11 is 0. The fourth-order valence-electron chi connectivity index (χ4n) is 2.71. The number of nitrogens with two attached hydrogens (primary N) is 1. The van der Waals surface area contributed by atoms with Crippen molar-refractivity contribution in [1.29, 1.82) is 0 Å². The van der Waals surface area contributed by atoms with Crippen LogP contribution in [-0.2, 0) is 5.54 Å². The predicted octanol–water partition coefficient (Wildman–Crippen LogP) is 3.01. The number of guanidine groups is 1. The molecule has 1 unspecified atom stereocenters. The second kappa shape index (κ2) is 4.84. The molecule has 2 aromatic carbocycles. The normalized spacial score (nSPS) is 21.5. The summed E-state index contributed by atoms with van der Waals surface area (Å²) in [4.78, 5) is 6.00. The van der Waals surface area contributed by atoms with E-state index in [2.05, 4.69) is 4.99 Å². The number of benzene rings is 2. The highest BCUT2D eigenvalue weighted by atomic mass is 19.1. The van der Waals surface area contributed by atoms with Crippen molar-refractivity contribution in [2.24, 2.45) is 10.7 Å². The molecule has 1 aliphatic rings. The van der Waals surface area contributed by atoms with Crippen molar-refractivity contribution in [3.63, 3.8) is 0 Å². The molecule has 108 valence electrons. The molecule has 21 heavy (non-hydrogen) atoms. The first-order chi connectivity index (χ1) is 10.0. The van der Waals surface area contributed by atoms with Gasteiger partial charge in [0.15, 0.2) is 5.96 Å². The van der Waals surface area contributed by atoms with Crippen molar-refractivity contribution in [2.45, 2.75) is 12.5 Å². The molecule has 0 amide bonds. The van der Waals surface area contributed by atoms with E-state index in [4.69, 9.17) is 5.73 Å². The number of nitrogens with zero attached hydrogens (tertiary/aromatic N) is 2. The third kappa shape index (κ3) is 2.24. The standard InChI is InChI=1S/C16H15F2N3/c1-16(11-4-2-5-12(17)8-11)10-20-15(19)21(16)14-7-3-6-13(18)9-14/h2-9H,10H2,1H3,(H2,19,20). The van der Waals surface area contributed by atoms with Crippen LogP contribution in [0.3, 0.4) is 0 Å². The Kier molecular flexibility index (Phi) is 3.12. The van der Waals surface area contributed by atoms with E-state index >= 15 is 0 Å². The minimum atomic E-state index is -0.639. The van der Waals surface area contributed by atoms with E-state index in [9.17, 15) is 8.78 Å². The van der Waals surface area contributed by atoms with Gasteiger partial charge in [-0.25, -0.2) is 8.78 Å². The van der Waals surface area contributed by atoms with Crippen LogP contribution < -0.4 is 10.6 Å². The highest BCUT2D eigenvalue weighted by Crippen LogP contribution is 2.37. The number of aliphatic imine (C=N–C) groups is 1. The van der Waals surface area contributed by atoms with E-state index in [1.165, 1.54) is 24.3 Å². The molecule has 3 nitrogen and oxygen atoms in total. The van der Waals surface area contributed by atoms with Crippen molar-refractivity contribution >= 4 is 11.6 Å². The summed E-state index contributed by atoms with van der Waals surface area (Å²) in [7, 11) is 0. The molecule has 0 spiro atoms. The lowest BCUT2D eigenvalue weighted by Gasteiger charge is -2.36. The lowest BCUT2D eigenvalue weighted by Crippen LogP contribution is -2.47. The highest BCUT2D eigenvalue weighted by molar-refractivity contribution is 5.98. The minimum absolute atomic E-state index is 0.298. The summed E-state index contributed by atoms with van der Waals surface area (Å²) < 4.78 is 27.0. The van der Waals surface area contributed by atoms with E-state index < -0.39 is 5.54 Å². The Morgan fingerprint density at radius 1 is 1.10 bits per heavy atom. The van der Waals surface area contributed by atoms with Gasteiger partial charge in [0.2, 0.25) is 0 Å². The quantitative estimate of drug-likeness (QED) is 0.922. The summed E-state index contributed by atoms with van der Waals surface area (Å²) in [6.07, 6.45) is 0. The molecule has 0 saturated carbocycles. The van der Waals surface area contributed by atoms with Crippen molar-refractivity contribution in [2.75, 3.05) is 11.4 Å². The molecule has 0 bridgehead atoms. The molecule has 2 N–H and O–H groups in total. The molecule has 0 radical (unpaired) electrons. The van der Waals surface area contributed by atoms with Gasteiger partial charge in [-0.3, -0.25) is 4.99 Å². The molecule has 1 atom stereocenters. The Balaban J connectivity index is 2.10.